The molecular weight excluding hydrogens is 182 g/mol. The molecule has 0 aromatic carbocycles. The fraction of sp³-hybridized carbons (Fsp3) is 0.625. The van der Waals surface area contributed by atoms with E-state index < -0.39 is 0 Å². The maximum Gasteiger partial charge on any atom is 0.234 e. The Morgan fingerprint density at radius 1 is 1.79 bits per heavy atom. The monoisotopic (exact) mass is 197 g/mol. The number of primary amides is 1. The Bertz CT molecular complexity index is 308. The molecule has 0 radical (unpaired) electrons. The van der Waals surface area contributed by atoms with E-state index in [1.54, 1.807) is 17.9 Å². The average molecular weight is 197 g/mol. The number of hydrogen-bond donors (Lipinski definition) is 2. The van der Waals surface area contributed by atoms with Gasteiger partial charge in [-0.3, -0.25) is 9.48 Å². The second kappa shape index (κ2) is 4.71. The number of carbonyl (C=O) groups excluding carboxylic acids is 1. The van der Waals surface area contributed by atoms with Gasteiger partial charge < -0.3 is 11.1 Å². The van der Waals surface area contributed by atoms with Crippen LogP contribution in [-0.2, 0) is 18.3 Å². The van der Waals surface area contributed by atoms with E-state index in [0.29, 0.717) is 13.0 Å². The summed E-state index contributed by atoms with van der Waals surface area (Å²) in [6.45, 7) is 2.38. The largest absolute Gasteiger partial charge is 0.368 e. The molecular formula is C8H15N5O. The summed E-state index contributed by atoms with van der Waals surface area (Å²) in [5.74, 6) is 0.413. The second-order valence-electron chi connectivity index (χ2n) is 3.16. The second-order valence-corrected chi connectivity index (χ2v) is 3.16. The maximum absolute atomic E-state index is 10.7. The average Bonchev–Trinajstić information content (AvgIpc) is 2.51. The Kier molecular flexibility index (Phi) is 3.58. The molecule has 78 valence electrons. The standard InChI is InChI=1S/C8H15N5O/c1-6(8(9)14)10-4-3-7-11-5-13(2)12-7/h5-6,10H,3-4H2,1-2H3,(H2,9,14). The van der Waals surface area contributed by atoms with Gasteiger partial charge >= 0.3 is 0 Å². The molecule has 1 rings (SSSR count). The van der Waals surface area contributed by atoms with Gasteiger partial charge in [-0.15, -0.1) is 0 Å². The van der Waals surface area contributed by atoms with Crippen molar-refractivity contribution in [1.29, 1.82) is 0 Å². The summed E-state index contributed by atoms with van der Waals surface area (Å²) in [6, 6.07) is -0.307. The van der Waals surface area contributed by atoms with Gasteiger partial charge in [-0.05, 0) is 6.92 Å². The quantitative estimate of drug-likeness (QED) is 0.622. The number of rotatable bonds is 5. The molecule has 6 heteroatoms. The van der Waals surface area contributed by atoms with Gasteiger partial charge in [0, 0.05) is 20.0 Å². The highest BCUT2D eigenvalue weighted by atomic mass is 16.1. The van der Waals surface area contributed by atoms with Gasteiger partial charge in [-0.2, -0.15) is 5.10 Å². The lowest BCUT2D eigenvalue weighted by molar-refractivity contribution is -0.119. The van der Waals surface area contributed by atoms with Crippen molar-refractivity contribution in [2.75, 3.05) is 6.54 Å². The molecule has 0 saturated carbocycles. The van der Waals surface area contributed by atoms with Crippen molar-refractivity contribution in [2.24, 2.45) is 12.8 Å². The highest BCUT2D eigenvalue weighted by Crippen LogP contribution is 1.89. The number of nitrogens with two attached hydrogens (primary N) is 1. The van der Waals surface area contributed by atoms with Gasteiger partial charge in [0.05, 0.1) is 6.04 Å². The summed E-state index contributed by atoms with van der Waals surface area (Å²) >= 11 is 0. The third-order valence-electron chi connectivity index (χ3n) is 1.87. The summed E-state index contributed by atoms with van der Waals surface area (Å²) in [4.78, 5) is 14.7. The normalized spacial score (nSPS) is 12.7. The molecule has 1 atom stereocenters. The number of aryl methyl sites for hydroxylation is 1. The van der Waals surface area contributed by atoms with E-state index in [2.05, 4.69) is 15.4 Å². The van der Waals surface area contributed by atoms with Crippen LogP contribution in [0.2, 0.25) is 0 Å². The van der Waals surface area contributed by atoms with E-state index >= 15 is 0 Å². The van der Waals surface area contributed by atoms with Crippen LogP contribution in [0.3, 0.4) is 0 Å². The predicted molar refractivity (Wildman–Crippen MR) is 51.4 cm³/mol. The summed E-state index contributed by atoms with van der Waals surface area (Å²) < 4.78 is 1.65. The van der Waals surface area contributed by atoms with Gasteiger partial charge in [-0.1, -0.05) is 0 Å². The smallest absolute Gasteiger partial charge is 0.234 e. The first-order valence-corrected chi connectivity index (χ1v) is 4.47. The fourth-order valence-electron chi connectivity index (χ4n) is 1.000. The van der Waals surface area contributed by atoms with Crippen molar-refractivity contribution in [3.05, 3.63) is 12.2 Å². The summed E-state index contributed by atoms with van der Waals surface area (Å²) in [5, 5.41) is 7.08. The summed E-state index contributed by atoms with van der Waals surface area (Å²) in [7, 11) is 1.82. The van der Waals surface area contributed by atoms with Gasteiger partial charge in [0.2, 0.25) is 5.91 Å². The lowest BCUT2D eigenvalue weighted by atomic mass is 10.3. The molecule has 1 unspecified atom stereocenters. The molecule has 6 nitrogen and oxygen atoms in total. The fourth-order valence-corrected chi connectivity index (χ4v) is 1.000. The number of carbonyl (C=O) groups is 1. The molecule has 0 aliphatic rings. The third kappa shape index (κ3) is 3.14. The zero-order chi connectivity index (χ0) is 10.6. The van der Waals surface area contributed by atoms with Crippen LogP contribution >= 0.6 is 0 Å². The van der Waals surface area contributed by atoms with Crippen LogP contribution in [-0.4, -0.2) is 33.3 Å². The molecule has 14 heavy (non-hydrogen) atoms. The Labute approximate surface area is 82.5 Å². The van der Waals surface area contributed by atoms with Gasteiger partial charge in [0.25, 0.3) is 0 Å². The molecule has 1 heterocycles. The Morgan fingerprint density at radius 2 is 2.50 bits per heavy atom. The summed E-state index contributed by atoms with van der Waals surface area (Å²) in [5.41, 5.74) is 5.08. The van der Waals surface area contributed by atoms with Gasteiger partial charge in [0.15, 0.2) is 5.82 Å². The number of nitrogens with zero attached hydrogens (tertiary/aromatic N) is 3. The van der Waals surface area contributed by atoms with E-state index in [-0.39, 0.29) is 11.9 Å². The first-order valence-electron chi connectivity index (χ1n) is 4.47. The van der Waals surface area contributed by atoms with Crippen molar-refractivity contribution in [2.45, 2.75) is 19.4 Å². The van der Waals surface area contributed by atoms with E-state index in [4.69, 9.17) is 5.73 Å². The topological polar surface area (TPSA) is 85.8 Å². The van der Waals surface area contributed by atoms with E-state index in [1.165, 1.54) is 0 Å². The molecule has 1 aromatic heterocycles. The van der Waals surface area contributed by atoms with Crippen LogP contribution in [0.5, 0.6) is 0 Å². The zero-order valence-corrected chi connectivity index (χ0v) is 8.40. The molecule has 0 aliphatic heterocycles. The highest BCUT2D eigenvalue weighted by molar-refractivity contribution is 5.79. The molecule has 0 fully saturated rings. The van der Waals surface area contributed by atoms with Crippen molar-refractivity contribution in [3.8, 4) is 0 Å². The predicted octanol–water partition coefficient (Wildman–Crippen LogP) is -1.18. The molecule has 0 aliphatic carbocycles. The SMILES string of the molecule is CC(NCCc1ncn(C)n1)C(N)=O. The molecule has 3 N–H and O–H groups in total. The van der Waals surface area contributed by atoms with Crippen LogP contribution in [0.15, 0.2) is 6.33 Å². The van der Waals surface area contributed by atoms with Crippen LogP contribution in [0, 0.1) is 0 Å². The van der Waals surface area contributed by atoms with Crippen LogP contribution < -0.4 is 11.1 Å². The molecule has 0 saturated heterocycles. The molecule has 0 bridgehead atoms. The number of nitrogens with one attached hydrogen (secondary N) is 1. The highest BCUT2D eigenvalue weighted by Gasteiger charge is 2.07. The van der Waals surface area contributed by atoms with Crippen LogP contribution in [0.1, 0.15) is 12.7 Å². The van der Waals surface area contributed by atoms with Gasteiger partial charge in [-0.25, -0.2) is 4.98 Å². The number of aromatic nitrogens is 3. The zero-order valence-electron chi connectivity index (χ0n) is 8.40. The van der Waals surface area contributed by atoms with Crippen molar-refractivity contribution >= 4 is 5.91 Å². The third-order valence-corrected chi connectivity index (χ3v) is 1.87. The minimum Gasteiger partial charge on any atom is -0.368 e. The maximum atomic E-state index is 10.7. The molecule has 0 spiro atoms. The Balaban J connectivity index is 2.25. The number of amides is 1. The lowest BCUT2D eigenvalue weighted by Gasteiger charge is -2.07. The van der Waals surface area contributed by atoms with Crippen molar-refractivity contribution in [3.63, 3.8) is 0 Å². The van der Waals surface area contributed by atoms with Crippen LogP contribution in [0.25, 0.3) is 0 Å². The Morgan fingerprint density at radius 3 is 3.00 bits per heavy atom. The van der Waals surface area contributed by atoms with Crippen LogP contribution in [0.4, 0.5) is 0 Å². The Hall–Kier alpha value is -1.43. The van der Waals surface area contributed by atoms with E-state index in [0.717, 1.165) is 5.82 Å². The first kappa shape index (κ1) is 10.6. The number of hydrogen-bond acceptors (Lipinski definition) is 4. The molecule has 1 aromatic rings. The van der Waals surface area contributed by atoms with E-state index in [1.807, 2.05) is 7.05 Å². The minimum absolute atomic E-state index is 0.307. The molecule has 1 amide bonds. The van der Waals surface area contributed by atoms with E-state index in [9.17, 15) is 4.79 Å². The minimum atomic E-state index is -0.348. The summed E-state index contributed by atoms with van der Waals surface area (Å²) in [6.07, 6.45) is 2.34. The van der Waals surface area contributed by atoms with Gasteiger partial charge in [0.1, 0.15) is 6.33 Å². The van der Waals surface area contributed by atoms with Crippen molar-refractivity contribution in [1.82, 2.24) is 20.1 Å². The lowest BCUT2D eigenvalue weighted by Crippen LogP contribution is -2.39. The van der Waals surface area contributed by atoms with Crippen molar-refractivity contribution < 1.29 is 4.79 Å². The first-order chi connectivity index (χ1) is 6.59.